The van der Waals surface area contributed by atoms with Crippen LogP contribution in [0, 0.1) is 0 Å². The van der Waals surface area contributed by atoms with Crippen molar-refractivity contribution in [1.82, 2.24) is 19.6 Å². The van der Waals surface area contributed by atoms with E-state index in [4.69, 9.17) is 4.74 Å². The van der Waals surface area contributed by atoms with Gasteiger partial charge in [-0.25, -0.2) is 4.68 Å². The number of rotatable bonds is 4. The molecule has 1 aliphatic rings. The summed E-state index contributed by atoms with van der Waals surface area (Å²) in [6.07, 6.45) is 1.30. The zero-order valence-electron chi connectivity index (χ0n) is 13.6. The van der Waals surface area contributed by atoms with Gasteiger partial charge in [-0.3, -0.25) is 4.79 Å². The molecule has 1 aromatic carbocycles. The summed E-state index contributed by atoms with van der Waals surface area (Å²) in [5, 5.41) is 4.38. The highest BCUT2D eigenvalue weighted by molar-refractivity contribution is 5.81. The molecular formula is C17H22N4O2. The molecule has 1 unspecified atom stereocenters. The Morgan fingerprint density at radius 3 is 2.52 bits per heavy atom. The molecule has 0 N–H and O–H groups in total. The van der Waals surface area contributed by atoms with Crippen molar-refractivity contribution >= 4 is 5.91 Å². The minimum Gasteiger partial charge on any atom is -0.463 e. The SMILES string of the molecule is CC(Oc1ccn(-c2ccccc2)n1)C(=O)N1CCN(C)CC1. The molecule has 1 aliphatic heterocycles. The Bertz CT molecular complexity index is 648. The van der Waals surface area contributed by atoms with Crippen LogP contribution in [-0.4, -0.2) is 64.8 Å². The summed E-state index contributed by atoms with van der Waals surface area (Å²) < 4.78 is 7.46. The summed E-state index contributed by atoms with van der Waals surface area (Å²) in [5.41, 5.74) is 0.959. The van der Waals surface area contributed by atoms with Crippen LogP contribution in [0.25, 0.3) is 5.69 Å². The number of amides is 1. The van der Waals surface area contributed by atoms with E-state index in [1.54, 1.807) is 17.7 Å². The van der Waals surface area contributed by atoms with Crippen molar-refractivity contribution in [3.8, 4) is 11.6 Å². The molecule has 0 radical (unpaired) electrons. The normalized spacial score (nSPS) is 17.0. The van der Waals surface area contributed by atoms with Gasteiger partial charge in [0.1, 0.15) is 0 Å². The number of nitrogens with zero attached hydrogens (tertiary/aromatic N) is 4. The second-order valence-corrected chi connectivity index (χ2v) is 5.82. The minimum atomic E-state index is -0.530. The maximum absolute atomic E-state index is 12.4. The number of carbonyl (C=O) groups is 1. The van der Waals surface area contributed by atoms with E-state index in [0.717, 1.165) is 31.9 Å². The van der Waals surface area contributed by atoms with Gasteiger partial charge in [0.25, 0.3) is 5.91 Å². The molecule has 0 bridgehead atoms. The Morgan fingerprint density at radius 2 is 1.83 bits per heavy atom. The molecule has 3 rings (SSSR count). The van der Waals surface area contributed by atoms with Gasteiger partial charge >= 0.3 is 0 Å². The van der Waals surface area contributed by atoms with Crippen LogP contribution in [0.5, 0.6) is 5.88 Å². The monoisotopic (exact) mass is 314 g/mol. The van der Waals surface area contributed by atoms with Crippen molar-refractivity contribution in [1.29, 1.82) is 0 Å². The average molecular weight is 314 g/mol. The molecule has 1 amide bonds. The number of hydrogen-bond acceptors (Lipinski definition) is 4. The summed E-state index contributed by atoms with van der Waals surface area (Å²) >= 11 is 0. The minimum absolute atomic E-state index is 0.0207. The average Bonchev–Trinajstić information content (AvgIpc) is 3.04. The van der Waals surface area contributed by atoms with Gasteiger partial charge in [-0.05, 0) is 26.1 Å². The fourth-order valence-electron chi connectivity index (χ4n) is 2.61. The lowest BCUT2D eigenvalue weighted by atomic mass is 10.2. The fraction of sp³-hybridized carbons (Fsp3) is 0.412. The van der Waals surface area contributed by atoms with Gasteiger partial charge in [-0.15, -0.1) is 5.10 Å². The van der Waals surface area contributed by atoms with Crippen LogP contribution < -0.4 is 4.74 Å². The number of para-hydroxylation sites is 1. The molecule has 2 aromatic rings. The second kappa shape index (κ2) is 6.83. The first-order valence-electron chi connectivity index (χ1n) is 7.88. The van der Waals surface area contributed by atoms with Crippen molar-refractivity contribution in [3.63, 3.8) is 0 Å². The number of ether oxygens (including phenoxy) is 1. The predicted octanol–water partition coefficient (Wildman–Crippen LogP) is 1.41. The molecule has 6 heteroatoms. The van der Waals surface area contributed by atoms with E-state index in [-0.39, 0.29) is 5.91 Å². The zero-order chi connectivity index (χ0) is 16.2. The van der Waals surface area contributed by atoms with Crippen molar-refractivity contribution in [3.05, 3.63) is 42.6 Å². The maximum Gasteiger partial charge on any atom is 0.263 e. The smallest absolute Gasteiger partial charge is 0.263 e. The first-order valence-corrected chi connectivity index (χ1v) is 7.88. The molecule has 0 aliphatic carbocycles. The molecule has 0 saturated carbocycles. The van der Waals surface area contributed by atoms with Gasteiger partial charge in [-0.2, -0.15) is 0 Å². The van der Waals surface area contributed by atoms with Crippen molar-refractivity contribution in [2.75, 3.05) is 33.2 Å². The fourth-order valence-corrected chi connectivity index (χ4v) is 2.61. The predicted molar refractivity (Wildman–Crippen MR) is 87.7 cm³/mol. The standard InChI is InChI=1S/C17H22N4O2/c1-14(17(22)20-12-10-19(2)11-13-20)23-16-8-9-21(18-16)15-6-4-3-5-7-15/h3-9,14H,10-13H2,1-2H3. The van der Waals surface area contributed by atoms with E-state index >= 15 is 0 Å². The lowest BCUT2D eigenvalue weighted by Crippen LogP contribution is -2.50. The lowest BCUT2D eigenvalue weighted by Gasteiger charge is -2.33. The molecule has 1 aromatic heterocycles. The third-order valence-corrected chi connectivity index (χ3v) is 4.05. The Hall–Kier alpha value is -2.34. The molecular weight excluding hydrogens is 292 g/mol. The Balaban J connectivity index is 1.61. The molecule has 6 nitrogen and oxygen atoms in total. The number of benzene rings is 1. The van der Waals surface area contributed by atoms with Crippen LogP contribution in [0.3, 0.4) is 0 Å². The topological polar surface area (TPSA) is 50.6 Å². The third kappa shape index (κ3) is 3.71. The molecule has 1 atom stereocenters. The van der Waals surface area contributed by atoms with Crippen molar-refractivity contribution in [2.24, 2.45) is 0 Å². The largest absolute Gasteiger partial charge is 0.463 e. The molecule has 2 heterocycles. The first-order chi connectivity index (χ1) is 11.1. The van der Waals surface area contributed by atoms with E-state index in [1.807, 2.05) is 41.4 Å². The van der Waals surface area contributed by atoms with Crippen LogP contribution in [0.15, 0.2) is 42.6 Å². The number of piperazine rings is 1. The van der Waals surface area contributed by atoms with Gasteiger partial charge in [0.2, 0.25) is 5.88 Å². The second-order valence-electron chi connectivity index (χ2n) is 5.82. The molecule has 1 saturated heterocycles. The summed E-state index contributed by atoms with van der Waals surface area (Å²) in [7, 11) is 2.07. The molecule has 23 heavy (non-hydrogen) atoms. The Kier molecular flexibility index (Phi) is 4.62. The highest BCUT2D eigenvalue weighted by Crippen LogP contribution is 2.14. The van der Waals surface area contributed by atoms with Crippen molar-refractivity contribution < 1.29 is 9.53 Å². The van der Waals surface area contributed by atoms with Crippen LogP contribution in [0.1, 0.15) is 6.92 Å². The van der Waals surface area contributed by atoms with E-state index in [1.165, 1.54) is 0 Å². The van der Waals surface area contributed by atoms with E-state index in [9.17, 15) is 4.79 Å². The molecule has 0 spiro atoms. The number of likely N-dealkylation sites (N-methyl/N-ethyl adjacent to an activating group) is 1. The van der Waals surface area contributed by atoms with E-state index in [2.05, 4.69) is 17.0 Å². The zero-order valence-corrected chi connectivity index (χ0v) is 13.6. The Morgan fingerprint density at radius 1 is 1.13 bits per heavy atom. The highest BCUT2D eigenvalue weighted by atomic mass is 16.5. The van der Waals surface area contributed by atoms with E-state index < -0.39 is 6.10 Å². The van der Waals surface area contributed by atoms with E-state index in [0.29, 0.717) is 5.88 Å². The quantitative estimate of drug-likeness (QED) is 0.856. The van der Waals surface area contributed by atoms with Crippen LogP contribution in [0.2, 0.25) is 0 Å². The maximum atomic E-state index is 12.4. The molecule has 1 fully saturated rings. The third-order valence-electron chi connectivity index (χ3n) is 4.05. The van der Waals surface area contributed by atoms with Gasteiger partial charge in [0.05, 0.1) is 5.69 Å². The number of carbonyl (C=O) groups excluding carboxylic acids is 1. The van der Waals surface area contributed by atoms with Crippen LogP contribution >= 0.6 is 0 Å². The first kappa shape index (κ1) is 15.6. The van der Waals surface area contributed by atoms with Crippen molar-refractivity contribution in [2.45, 2.75) is 13.0 Å². The summed E-state index contributed by atoms with van der Waals surface area (Å²) in [4.78, 5) is 16.5. The highest BCUT2D eigenvalue weighted by Gasteiger charge is 2.25. The Labute approximate surface area is 136 Å². The van der Waals surface area contributed by atoms with Crippen LogP contribution in [0.4, 0.5) is 0 Å². The lowest BCUT2D eigenvalue weighted by molar-refractivity contribution is -0.139. The number of aromatic nitrogens is 2. The number of hydrogen-bond donors (Lipinski definition) is 0. The summed E-state index contributed by atoms with van der Waals surface area (Å²) in [5.74, 6) is 0.483. The van der Waals surface area contributed by atoms with Gasteiger partial charge in [0.15, 0.2) is 6.10 Å². The summed E-state index contributed by atoms with van der Waals surface area (Å²) in [6.45, 7) is 5.09. The van der Waals surface area contributed by atoms with Gasteiger partial charge in [0, 0.05) is 38.4 Å². The van der Waals surface area contributed by atoms with Gasteiger partial charge < -0.3 is 14.5 Å². The summed E-state index contributed by atoms with van der Waals surface area (Å²) in [6, 6.07) is 11.6. The van der Waals surface area contributed by atoms with Gasteiger partial charge in [-0.1, -0.05) is 18.2 Å². The molecule has 122 valence electrons. The van der Waals surface area contributed by atoms with Crippen LogP contribution in [-0.2, 0) is 4.79 Å².